The van der Waals surface area contributed by atoms with Crippen LogP contribution in [0.4, 0.5) is 0 Å². The van der Waals surface area contributed by atoms with Gasteiger partial charge in [-0.2, -0.15) is 9.57 Å². The molecule has 0 aromatic carbocycles. The van der Waals surface area contributed by atoms with Gasteiger partial charge in [-0.1, -0.05) is 6.92 Å². The molecular weight excluding hydrogens is 250 g/mol. The topological polar surface area (TPSA) is 74.1 Å². The minimum absolute atomic E-state index is 0.0145. The average Bonchev–Trinajstić information content (AvgIpc) is 2.69. The minimum atomic E-state index is -3.48. The third-order valence-electron chi connectivity index (χ3n) is 3.18. The fourth-order valence-corrected chi connectivity index (χ4v) is 4.04. The highest BCUT2D eigenvalue weighted by atomic mass is 32.2. The summed E-state index contributed by atoms with van der Waals surface area (Å²) in [5.74, 6) is 0.376. The molecular formula is C12H15N3O2S. The summed E-state index contributed by atoms with van der Waals surface area (Å²) in [5.41, 5.74) is 0.219. The molecule has 1 aromatic heterocycles. The van der Waals surface area contributed by atoms with E-state index in [0.29, 0.717) is 12.5 Å². The monoisotopic (exact) mass is 265 g/mol. The van der Waals surface area contributed by atoms with E-state index in [2.05, 4.69) is 4.98 Å². The maximum absolute atomic E-state index is 12.4. The molecule has 0 saturated carbocycles. The van der Waals surface area contributed by atoms with E-state index >= 15 is 0 Å². The SMILES string of the molecule is CC1CC(C)N(S(=O)(=O)c2ccc(C#N)nc2)C1. The molecule has 0 amide bonds. The Labute approximate surface area is 107 Å². The number of aromatic nitrogens is 1. The Bertz CT molecular complexity index is 574. The van der Waals surface area contributed by atoms with Crippen LogP contribution in [0.5, 0.6) is 0 Å². The molecule has 6 heteroatoms. The van der Waals surface area contributed by atoms with Crippen LogP contribution in [0.3, 0.4) is 0 Å². The van der Waals surface area contributed by atoms with Gasteiger partial charge in [0.25, 0.3) is 0 Å². The van der Waals surface area contributed by atoms with E-state index in [9.17, 15) is 8.42 Å². The Kier molecular flexibility index (Phi) is 3.37. The minimum Gasteiger partial charge on any atom is -0.244 e. The molecule has 1 aliphatic rings. The molecule has 96 valence electrons. The molecule has 2 unspecified atom stereocenters. The molecule has 0 bridgehead atoms. The van der Waals surface area contributed by atoms with Gasteiger partial charge in [0.05, 0.1) is 0 Å². The van der Waals surface area contributed by atoms with Crippen molar-refractivity contribution in [2.24, 2.45) is 5.92 Å². The van der Waals surface area contributed by atoms with E-state index in [1.165, 1.54) is 22.6 Å². The smallest absolute Gasteiger partial charge is 0.244 e. The van der Waals surface area contributed by atoms with Crippen LogP contribution in [-0.2, 0) is 10.0 Å². The summed E-state index contributed by atoms with van der Waals surface area (Å²) in [6, 6.07) is 4.75. The van der Waals surface area contributed by atoms with Gasteiger partial charge in [-0.3, -0.25) is 0 Å². The van der Waals surface area contributed by atoms with Crippen molar-refractivity contribution in [1.29, 1.82) is 5.26 Å². The molecule has 0 aliphatic carbocycles. The lowest BCUT2D eigenvalue weighted by molar-refractivity contribution is 0.405. The predicted octanol–water partition coefficient (Wildman–Crippen LogP) is 1.37. The molecule has 0 spiro atoms. The molecule has 5 nitrogen and oxygen atoms in total. The van der Waals surface area contributed by atoms with Crippen LogP contribution >= 0.6 is 0 Å². The summed E-state index contributed by atoms with van der Waals surface area (Å²) in [6.07, 6.45) is 2.13. The molecule has 2 heterocycles. The molecule has 1 fully saturated rings. The molecule has 0 radical (unpaired) electrons. The first kappa shape index (κ1) is 13.0. The van der Waals surface area contributed by atoms with Crippen molar-refractivity contribution >= 4 is 10.0 Å². The lowest BCUT2D eigenvalue weighted by Gasteiger charge is -2.20. The number of nitriles is 1. The maximum atomic E-state index is 12.4. The zero-order valence-electron chi connectivity index (χ0n) is 10.4. The Balaban J connectivity index is 2.33. The molecule has 0 N–H and O–H groups in total. The van der Waals surface area contributed by atoms with Crippen molar-refractivity contribution in [2.45, 2.75) is 31.2 Å². The predicted molar refractivity (Wildman–Crippen MR) is 66.1 cm³/mol. The van der Waals surface area contributed by atoms with Crippen molar-refractivity contribution in [3.8, 4) is 6.07 Å². The third kappa shape index (κ3) is 2.24. The van der Waals surface area contributed by atoms with Crippen LogP contribution in [0.25, 0.3) is 0 Å². The van der Waals surface area contributed by atoms with Crippen LogP contribution in [0, 0.1) is 17.2 Å². The van der Waals surface area contributed by atoms with Gasteiger partial charge in [-0.15, -0.1) is 0 Å². The van der Waals surface area contributed by atoms with Crippen molar-refractivity contribution in [3.63, 3.8) is 0 Å². The maximum Gasteiger partial charge on any atom is 0.244 e. The van der Waals surface area contributed by atoms with Crippen LogP contribution in [0.1, 0.15) is 26.0 Å². The Hall–Kier alpha value is -1.45. The summed E-state index contributed by atoms with van der Waals surface area (Å²) >= 11 is 0. The average molecular weight is 265 g/mol. The second-order valence-corrected chi connectivity index (χ2v) is 6.65. The van der Waals surface area contributed by atoms with Gasteiger partial charge in [0.2, 0.25) is 10.0 Å². The molecule has 1 aromatic rings. The van der Waals surface area contributed by atoms with Crippen molar-refractivity contribution < 1.29 is 8.42 Å². The first-order valence-electron chi connectivity index (χ1n) is 5.83. The summed E-state index contributed by atoms with van der Waals surface area (Å²) < 4.78 is 26.3. The van der Waals surface area contributed by atoms with Crippen LogP contribution in [0.15, 0.2) is 23.2 Å². The van der Waals surface area contributed by atoms with Gasteiger partial charge in [0.15, 0.2) is 0 Å². The van der Waals surface area contributed by atoms with Crippen molar-refractivity contribution in [3.05, 3.63) is 24.0 Å². The molecule has 1 aliphatic heterocycles. The summed E-state index contributed by atoms with van der Waals surface area (Å²) in [5, 5.41) is 8.65. The fraction of sp³-hybridized carbons (Fsp3) is 0.500. The summed E-state index contributed by atoms with van der Waals surface area (Å²) in [4.78, 5) is 3.97. The van der Waals surface area contributed by atoms with Gasteiger partial charge in [-0.05, 0) is 31.4 Å². The first-order chi connectivity index (χ1) is 8.45. The van der Waals surface area contributed by atoms with Crippen LogP contribution < -0.4 is 0 Å². The zero-order chi connectivity index (χ0) is 13.3. The van der Waals surface area contributed by atoms with Gasteiger partial charge >= 0.3 is 0 Å². The highest BCUT2D eigenvalue weighted by Crippen LogP contribution is 2.28. The van der Waals surface area contributed by atoms with Gasteiger partial charge in [0.1, 0.15) is 16.7 Å². The second kappa shape index (κ2) is 4.67. The fourth-order valence-electron chi connectivity index (χ4n) is 2.33. The normalized spacial score (nSPS) is 24.9. The highest BCUT2D eigenvalue weighted by molar-refractivity contribution is 7.89. The summed E-state index contributed by atoms with van der Waals surface area (Å²) in [6.45, 7) is 4.50. The van der Waals surface area contributed by atoms with E-state index < -0.39 is 10.0 Å². The Morgan fingerprint density at radius 1 is 1.44 bits per heavy atom. The van der Waals surface area contributed by atoms with Crippen molar-refractivity contribution in [2.75, 3.05) is 6.54 Å². The number of nitrogens with zero attached hydrogens (tertiary/aromatic N) is 3. The number of hydrogen-bond acceptors (Lipinski definition) is 4. The van der Waals surface area contributed by atoms with Crippen LogP contribution in [-0.4, -0.2) is 30.3 Å². The zero-order valence-corrected chi connectivity index (χ0v) is 11.2. The molecule has 18 heavy (non-hydrogen) atoms. The lowest BCUT2D eigenvalue weighted by atomic mass is 10.1. The van der Waals surface area contributed by atoms with E-state index in [1.807, 2.05) is 19.9 Å². The first-order valence-corrected chi connectivity index (χ1v) is 7.27. The Morgan fingerprint density at radius 2 is 2.17 bits per heavy atom. The molecule has 1 saturated heterocycles. The second-order valence-electron chi connectivity index (χ2n) is 4.76. The Morgan fingerprint density at radius 3 is 2.61 bits per heavy atom. The number of rotatable bonds is 2. The van der Waals surface area contributed by atoms with E-state index in [4.69, 9.17) is 5.26 Å². The van der Waals surface area contributed by atoms with E-state index in [0.717, 1.165) is 6.42 Å². The standard InChI is InChI=1S/C12H15N3O2S/c1-9-5-10(2)15(8-9)18(16,17)12-4-3-11(6-13)14-7-12/h3-4,7,9-10H,5,8H2,1-2H3. The van der Waals surface area contributed by atoms with Gasteiger partial charge in [-0.25, -0.2) is 13.4 Å². The number of pyridine rings is 1. The lowest BCUT2D eigenvalue weighted by Crippen LogP contribution is -2.34. The highest BCUT2D eigenvalue weighted by Gasteiger charge is 2.36. The van der Waals surface area contributed by atoms with Gasteiger partial charge < -0.3 is 0 Å². The number of sulfonamides is 1. The van der Waals surface area contributed by atoms with Crippen molar-refractivity contribution in [1.82, 2.24) is 9.29 Å². The number of hydrogen-bond donors (Lipinski definition) is 0. The van der Waals surface area contributed by atoms with E-state index in [1.54, 1.807) is 0 Å². The van der Waals surface area contributed by atoms with E-state index in [-0.39, 0.29) is 16.6 Å². The van der Waals surface area contributed by atoms with Crippen LogP contribution in [0.2, 0.25) is 0 Å². The quantitative estimate of drug-likeness (QED) is 0.809. The van der Waals surface area contributed by atoms with Gasteiger partial charge in [0, 0.05) is 18.8 Å². The largest absolute Gasteiger partial charge is 0.244 e. The molecule has 2 atom stereocenters. The summed E-state index contributed by atoms with van der Waals surface area (Å²) in [7, 11) is -3.48. The third-order valence-corrected chi connectivity index (χ3v) is 5.15. The molecule has 2 rings (SSSR count).